The predicted molar refractivity (Wildman–Crippen MR) is 130 cm³/mol. The van der Waals surface area contributed by atoms with Crippen molar-refractivity contribution in [2.24, 2.45) is 5.92 Å². The van der Waals surface area contributed by atoms with Gasteiger partial charge in [0.15, 0.2) is 0 Å². The quantitative estimate of drug-likeness (QED) is 0.518. The number of carbonyl (C=O) groups is 2. The van der Waals surface area contributed by atoms with Crippen LogP contribution in [0.1, 0.15) is 32.3 Å². The highest BCUT2D eigenvalue weighted by atomic mass is 79.9. The molecule has 1 aromatic rings. The van der Waals surface area contributed by atoms with E-state index in [1.165, 1.54) is 0 Å². The normalized spacial score (nSPS) is 20.1. The zero-order valence-electron chi connectivity index (χ0n) is 19.0. The van der Waals surface area contributed by atoms with E-state index >= 15 is 0 Å². The molecule has 2 heterocycles. The largest absolute Gasteiger partial charge is 0.506 e. The summed E-state index contributed by atoms with van der Waals surface area (Å²) in [5.74, 6) is -4.18. The molecule has 3 rings (SSSR count). The Morgan fingerprint density at radius 1 is 1.09 bits per heavy atom. The van der Waals surface area contributed by atoms with Gasteiger partial charge in [-0.25, -0.2) is 0 Å². The van der Waals surface area contributed by atoms with E-state index in [1.54, 1.807) is 4.90 Å². The summed E-state index contributed by atoms with van der Waals surface area (Å²) in [5, 5.41) is 9.87. The van der Waals surface area contributed by atoms with E-state index in [1.807, 2.05) is 24.0 Å². The zero-order valence-corrected chi connectivity index (χ0v) is 22.2. The molecule has 6 nitrogen and oxygen atoms in total. The first kappa shape index (κ1) is 26.5. The number of hydrogen-bond acceptors (Lipinski definition) is 5. The van der Waals surface area contributed by atoms with Crippen molar-refractivity contribution in [2.45, 2.75) is 45.1 Å². The molecule has 1 N–H and O–H groups in total. The van der Waals surface area contributed by atoms with Crippen molar-refractivity contribution < 1.29 is 23.5 Å². The fraction of sp³-hybridized carbons (Fsp3) is 0.652. The van der Waals surface area contributed by atoms with Crippen LogP contribution in [0.4, 0.5) is 8.78 Å². The fourth-order valence-corrected chi connectivity index (χ4v) is 5.85. The van der Waals surface area contributed by atoms with Crippen LogP contribution in [0.25, 0.3) is 0 Å². The number of piperazine rings is 1. The lowest BCUT2D eigenvalue weighted by molar-refractivity contribution is -0.142. The molecular formula is C23H31Br2F2N3O3. The molecule has 0 spiro atoms. The molecule has 184 valence electrons. The summed E-state index contributed by atoms with van der Waals surface area (Å²) in [7, 11) is 0. The van der Waals surface area contributed by atoms with Crippen LogP contribution < -0.4 is 0 Å². The molecule has 0 unspecified atom stereocenters. The average molecular weight is 595 g/mol. The van der Waals surface area contributed by atoms with Crippen molar-refractivity contribution in [3.05, 3.63) is 26.6 Å². The maximum absolute atomic E-state index is 13.1. The van der Waals surface area contributed by atoms with Gasteiger partial charge in [-0.1, -0.05) is 6.92 Å². The highest BCUT2D eigenvalue weighted by Crippen LogP contribution is 2.34. The van der Waals surface area contributed by atoms with Gasteiger partial charge in [0.25, 0.3) is 0 Å². The smallest absolute Gasteiger partial charge is 0.303 e. The number of piperidine rings is 1. The van der Waals surface area contributed by atoms with Crippen LogP contribution in [0.5, 0.6) is 5.75 Å². The second kappa shape index (κ2) is 11.1. The molecule has 1 atom stereocenters. The molecule has 10 heteroatoms. The van der Waals surface area contributed by atoms with Gasteiger partial charge >= 0.3 is 5.92 Å². The molecule has 2 aliphatic rings. The highest BCUT2D eigenvalue weighted by Gasteiger charge is 2.35. The minimum atomic E-state index is -3.27. The molecule has 2 saturated heterocycles. The number of carbonyl (C=O) groups excluding carboxylic acids is 2. The summed E-state index contributed by atoms with van der Waals surface area (Å²) in [6.07, 6.45) is 2.37. The monoisotopic (exact) mass is 593 g/mol. The van der Waals surface area contributed by atoms with Crippen molar-refractivity contribution in [3.63, 3.8) is 0 Å². The Morgan fingerprint density at radius 3 is 2.15 bits per heavy atom. The Bertz CT molecular complexity index is 842. The number of Topliss-reactive ketones (excluding diaryl/α,β-unsaturated/α-hetero) is 1. The number of benzene rings is 1. The van der Waals surface area contributed by atoms with Crippen LogP contribution in [0.3, 0.4) is 0 Å². The predicted octanol–water partition coefficient (Wildman–Crippen LogP) is 3.93. The summed E-state index contributed by atoms with van der Waals surface area (Å²) in [4.78, 5) is 30.7. The van der Waals surface area contributed by atoms with E-state index in [0.717, 1.165) is 31.5 Å². The Morgan fingerprint density at radius 2 is 1.64 bits per heavy atom. The second-order valence-electron chi connectivity index (χ2n) is 9.19. The van der Waals surface area contributed by atoms with Crippen molar-refractivity contribution in [3.8, 4) is 5.75 Å². The van der Waals surface area contributed by atoms with Crippen molar-refractivity contribution >= 4 is 43.6 Å². The first-order chi connectivity index (χ1) is 15.5. The molecule has 0 aliphatic carbocycles. The molecule has 33 heavy (non-hydrogen) atoms. The van der Waals surface area contributed by atoms with Crippen LogP contribution in [0, 0.1) is 5.92 Å². The Kier molecular flexibility index (Phi) is 8.91. The molecule has 2 fully saturated rings. The number of hydrogen-bond donors (Lipinski definition) is 1. The number of amides is 1. The van der Waals surface area contributed by atoms with Gasteiger partial charge in [-0.05, 0) is 68.8 Å². The summed E-state index contributed by atoms with van der Waals surface area (Å²) >= 11 is 6.67. The van der Waals surface area contributed by atoms with Crippen LogP contribution >= 0.6 is 31.9 Å². The van der Waals surface area contributed by atoms with E-state index < -0.39 is 11.7 Å². The average Bonchev–Trinajstić information content (AvgIpc) is 2.77. The first-order valence-corrected chi connectivity index (χ1v) is 12.9. The zero-order chi connectivity index (χ0) is 24.3. The topological polar surface area (TPSA) is 64.1 Å². The number of halogens is 4. The summed E-state index contributed by atoms with van der Waals surface area (Å²) in [6.45, 7) is 6.52. The van der Waals surface area contributed by atoms with Gasteiger partial charge < -0.3 is 10.0 Å². The molecule has 1 aromatic carbocycles. The fourth-order valence-electron chi connectivity index (χ4n) is 4.57. The third-order valence-electron chi connectivity index (χ3n) is 6.60. The lowest BCUT2D eigenvalue weighted by Crippen LogP contribution is -2.55. The van der Waals surface area contributed by atoms with E-state index in [2.05, 4.69) is 36.8 Å². The van der Waals surface area contributed by atoms with Crippen LogP contribution in [-0.4, -0.2) is 89.3 Å². The van der Waals surface area contributed by atoms with Crippen LogP contribution in [0.2, 0.25) is 0 Å². The number of likely N-dealkylation sites (tertiary alicyclic amines) is 1. The van der Waals surface area contributed by atoms with Gasteiger partial charge in [-0.15, -0.1) is 0 Å². The number of alkyl halides is 2. The van der Waals surface area contributed by atoms with Gasteiger partial charge in [-0.3, -0.25) is 19.4 Å². The number of aromatic hydroxyl groups is 1. The first-order valence-electron chi connectivity index (χ1n) is 11.3. The van der Waals surface area contributed by atoms with E-state index in [9.17, 15) is 23.5 Å². The Hall–Kier alpha value is -1.10. The number of ketones is 1. The lowest BCUT2D eigenvalue weighted by atomic mass is 9.97. The Labute approximate surface area is 210 Å². The second-order valence-corrected chi connectivity index (χ2v) is 10.9. The molecule has 1 amide bonds. The van der Waals surface area contributed by atoms with Gasteiger partial charge in [0.1, 0.15) is 5.75 Å². The van der Waals surface area contributed by atoms with Crippen molar-refractivity contribution in [2.75, 3.05) is 45.8 Å². The summed E-state index contributed by atoms with van der Waals surface area (Å²) < 4.78 is 27.5. The van der Waals surface area contributed by atoms with Crippen LogP contribution in [0.15, 0.2) is 21.1 Å². The molecule has 0 aromatic heterocycles. The Balaban J connectivity index is 1.44. The van der Waals surface area contributed by atoms with Crippen LogP contribution in [-0.2, 0) is 16.0 Å². The van der Waals surface area contributed by atoms with Gasteiger partial charge in [-0.2, -0.15) is 8.78 Å². The molecule has 0 saturated carbocycles. The third-order valence-corrected chi connectivity index (χ3v) is 7.81. The number of phenols is 1. The third kappa shape index (κ3) is 6.96. The van der Waals surface area contributed by atoms with Gasteiger partial charge in [0.05, 0.1) is 15.5 Å². The van der Waals surface area contributed by atoms with E-state index in [4.69, 9.17) is 0 Å². The standard InChI is InChI=1S/C23H31Br2F2N3O3/c1-15(11-16-12-18(24)21(32)19(25)13-16)22(33)30-5-3-17(4-6-30)29-9-7-28(8-10-29)14-20(31)23(2,26)27/h12-13,15,17,32H,3-11,14H2,1-2H3/t15-/m1/s1. The number of rotatable bonds is 7. The lowest BCUT2D eigenvalue weighted by Gasteiger charge is -2.43. The molecule has 0 bridgehead atoms. The number of nitrogens with zero attached hydrogens (tertiary/aromatic N) is 3. The minimum absolute atomic E-state index is 0.137. The summed E-state index contributed by atoms with van der Waals surface area (Å²) in [5.41, 5.74) is 0.972. The van der Waals surface area contributed by atoms with Gasteiger partial charge in [0.2, 0.25) is 11.7 Å². The molecular weight excluding hydrogens is 564 g/mol. The van der Waals surface area contributed by atoms with Crippen molar-refractivity contribution in [1.29, 1.82) is 0 Å². The van der Waals surface area contributed by atoms with Gasteiger partial charge in [0, 0.05) is 58.2 Å². The molecule has 0 radical (unpaired) electrons. The van der Waals surface area contributed by atoms with E-state index in [0.29, 0.717) is 54.5 Å². The molecule has 2 aliphatic heterocycles. The highest BCUT2D eigenvalue weighted by molar-refractivity contribution is 9.11. The SMILES string of the molecule is C[C@H](Cc1cc(Br)c(O)c(Br)c1)C(=O)N1CCC(N2CCN(CC(=O)C(C)(F)F)CC2)CC1. The summed E-state index contributed by atoms with van der Waals surface area (Å²) in [6, 6.07) is 4.05. The maximum atomic E-state index is 13.1. The van der Waals surface area contributed by atoms with Crippen molar-refractivity contribution in [1.82, 2.24) is 14.7 Å². The maximum Gasteiger partial charge on any atom is 0.303 e. The number of phenolic OH excluding ortho intramolecular Hbond substituents is 1. The van der Waals surface area contributed by atoms with E-state index in [-0.39, 0.29) is 24.1 Å². The minimum Gasteiger partial charge on any atom is -0.506 e.